The third-order valence-electron chi connectivity index (χ3n) is 1.91. The van der Waals surface area contributed by atoms with Crippen LogP contribution >= 0.6 is 0 Å². The third-order valence-corrected chi connectivity index (χ3v) is 1.91. The van der Waals surface area contributed by atoms with Crippen LogP contribution in [0.3, 0.4) is 0 Å². The second-order valence-corrected chi connectivity index (χ2v) is 4.19. The quantitative estimate of drug-likeness (QED) is 0.544. The number of nitrogens with zero attached hydrogens (tertiary/aromatic N) is 1. The van der Waals surface area contributed by atoms with Gasteiger partial charge in [0, 0.05) is 18.0 Å². The summed E-state index contributed by atoms with van der Waals surface area (Å²) in [5.41, 5.74) is 9.97. The maximum absolute atomic E-state index is 11.7. The molecule has 0 spiro atoms. The van der Waals surface area contributed by atoms with E-state index < -0.39 is 11.4 Å². The predicted octanol–water partition coefficient (Wildman–Crippen LogP) is -0.624. The van der Waals surface area contributed by atoms with E-state index in [2.05, 4.69) is 15.5 Å². The van der Waals surface area contributed by atoms with Crippen molar-refractivity contribution in [2.75, 3.05) is 5.73 Å². The van der Waals surface area contributed by atoms with Gasteiger partial charge in [0.1, 0.15) is 11.5 Å². The molecular weight excluding hydrogens is 210 g/mol. The number of H-pyrrole nitrogens is 1. The summed E-state index contributed by atoms with van der Waals surface area (Å²) >= 11 is 0. The molecule has 7 heteroatoms. The lowest BCUT2D eigenvalue weighted by Crippen LogP contribution is -2.46. The van der Waals surface area contributed by atoms with E-state index in [0.29, 0.717) is 0 Å². The first-order valence-corrected chi connectivity index (χ1v) is 4.72. The SMILES string of the molecule is CC(C)(CC(N)=O)NC(=O)c1cc(N)n[nH]1. The van der Waals surface area contributed by atoms with E-state index in [9.17, 15) is 9.59 Å². The van der Waals surface area contributed by atoms with Gasteiger partial charge >= 0.3 is 0 Å². The zero-order valence-corrected chi connectivity index (χ0v) is 9.20. The molecule has 2 amide bonds. The van der Waals surface area contributed by atoms with Gasteiger partial charge < -0.3 is 16.8 Å². The summed E-state index contributed by atoms with van der Waals surface area (Å²) in [6, 6.07) is 1.41. The van der Waals surface area contributed by atoms with Gasteiger partial charge in [-0.2, -0.15) is 5.10 Å². The van der Waals surface area contributed by atoms with E-state index in [4.69, 9.17) is 11.5 Å². The summed E-state index contributed by atoms with van der Waals surface area (Å²) in [5, 5.41) is 8.76. The fourth-order valence-corrected chi connectivity index (χ4v) is 1.31. The Bertz CT molecular complexity index is 410. The minimum atomic E-state index is -0.706. The van der Waals surface area contributed by atoms with Crippen molar-refractivity contribution in [1.82, 2.24) is 15.5 Å². The summed E-state index contributed by atoms with van der Waals surface area (Å²) in [4.78, 5) is 22.4. The van der Waals surface area contributed by atoms with E-state index in [1.807, 2.05) is 0 Å². The molecule has 7 nitrogen and oxygen atoms in total. The average Bonchev–Trinajstić information content (AvgIpc) is 2.47. The topological polar surface area (TPSA) is 127 Å². The van der Waals surface area contributed by atoms with Crippen LogP contribution in [0.25, 0.3) is 0 Å². The van der Waals surface area contributed by atoms with Crippen LogP contribution in [-0.4, -0.2) is 27.6 Å². The Kier molecular flexibility index (Phi) is 3.17. The Morgan fingerprint density at radius 3 is 2.62 bits per heavy atom. The summed E-state index contributed by atoms with van der Waals surface area (Å²) in [6.45, 7) is 3.41. The Morgan fingerprint density at radius 1 is 1.56 bits per heavy atom. The van der Waals surface area contributed by atoms with Crippen molar-refractivity contribution >= 4 is 17.6 Å². The molecule has 0 aliphatic heterocycles. The molecule has 0 bridgehead atoms. The molecule has 1 heterocycles. The minimum Gasteiger partial charge on any atom is -0.382 e. The number of carbonyl (C=O) groups excluding carboxylic acids is 2. The first-order chi connectivity index (χ1) is 7.30. The molecule has 6 N–H and O–H groups in total. The molecule has 0 saturated heterocycles. The Hall–Kier alpha value is -2.05. The summed E-state index contributed by atoms with van der Waals surface area (Å²) in [6.07, 6.45) is 0.0579. The van der Waals surface area contributed by atoms with Gasteiger partial charge in [0.25, 0.3) is 5.91 Å². The van der Waals surface area contributed by atoms with Crippen LogP contribution in [0.5, 0.6) is 0 Å². The Morgan fingerprint density at radius 2 is 2.19 bits per heavy atom. The second kappa shape index (κ2) is 4.21. The number of primary amides is 1. The fraction of sp³-hybridized carbons (Fsp3) is 0.444. The zero-order valence-electron chi connectivity index (χ0n) is 9.20. The van der Waals surface area contributed by atoms with Gasteiger partial charge in [-0.25, -0.2) is 0 Å². The van der Waals surface area contributed by atoms with Crippen molar-refractivity contribution in [3.63, 3.8) is 0 Å². The first-order valence-electron chi connectivity index (χ1n) is 4.72. The number of aromatic amines is 1. The highest BCUT2D eigenvalue weighted by atomic mass is 16.2. The van der Waals surface area contributed by atoms with Gasteiger partial charge in [0.15, 0.2) is 0 Å². The lowest BCUT2D eigenvalue weighted by atomic mass is 10.00. The van der Waals surface area contributed by atoms with Crippen molar-refractivity contribution in [3.8, 4) is 0 Å². The highest BCUT2D eigenvalue weighted by molar-refractivity contribution is 5.93. The van der Waals surface area contributed by atoms with Gasteiger partial charge in [-0.3, -0.25) is 14.7 Å². The highest BCUT2D eigenvalue weighted by Crippen LogP contribution is 2.09. The molecule has 0 aromatic carbocycles. The van der Waals surface area contributed by atoms with E-state index in [1.54, 1.807) is 13.8 Å². The number of nitrogens with two attached hydrogens (primary N) is 2. The van der Waals surface area contributed by atoms with Gasteiger partial charge in [-0.1, -0.05) is 0 Å². The number of aromatic nitrogens is 2. The van der Waals surface area contributed by atoms with Crippen LogP contribution in [0, 0.1) is 0 Å². The van der Waals surface area contributed by atoms with Crippen LogP contribution in [-0.2, 0) is 4.79 Å². The number of nitrogens with one attached hydrogen (secondary N) is 2. The van der Waals surface area contributed by atoms with E-state index in [-0.39, 0.29) is 23.8 Å². The molecule has 0 aliphatic carbocycles. The van der Waals surface area contributed by atoms with Gasteiger partial charge in [-0.05, 0) is 13.8 Å². The largest absolute Gasteiger partial charge is 0.382 e. The number of nitrogen functional groups attached to an aromatic ring is 1. The minimum absolute atomic E-state index is 0.0579. The number of hydrogen-bond donors (Lipinski definition) is 4. The van der Waals surface area contributed by atoms with E-state index >= 15 is 0 Å². The lowest BCUT2D eigenvalue weighted by molar-refractivity contribution is -0.119. The summed E-state index contributed by atoms with van der Waals surface area (Å²) < 4.78 is 0. The van der Waals surface area contributed by atoms with Crippen LogP contribution in [0.15, 0.2) is 6.07 Å². The molecule has 0 radical (unpaired) electrons. The first kappa shape index (κ1) is 12.0. The molecule has 1 rings (SSSR count). The monoisotopic (exact) mass is 225 g/mol. The molecule has 0 atom stereocenters. The molecule has 88 valence electrons. The van der Waals surface area contributed by atoms with Crippen molar-refractivity contribution in [3.05, 3.63) is 11.8 Å². The molecule has 0 fully saturated rings. The Balaban J connectivity index is 2.67. The number of rotatable bonds is 4. The summed E-state index contributed by atoms with van der Waals surface area (Å²) in [7, 11) is 0. The third kappa shape index (κ3) is 3.26. The van der Waals surface area contributed by atoms with Crippen LogP contribution in [0.1, 0.15) is 30.8 Å². The molecule has 1 aromatic heterocycles. The number of hydrogen-bond acceptors (Lipinski definition) is 4. The van der Waals surface area contributed by atoms with Crippen molar-refractivity contribution < 1.29 is 9.59 Å². The number of carbonyl (C=O) groups is 2. The second-order valence-electron chi connectivity index (χ2n) is 4.19. The van der Waals surface area contributed by atoms with Crippen molar-refractivity contribution in [2.24, 2.45) is 5.73 Å². The lowest BCUT2D eigenvalue weighted by Gasteiger charge is -2.24. The van der Waals surface area contributed by atoms with Crippen molar-refractivity contribution in [2.45, 2.75) is 25.8 Å². The van der Waals surface area contributed by atoms with Gasteiger partial charge in [-0.15, -0.1) is 0 Å². The molecule has 0 unspecified atom stereocenters. The molecule has 1 aromatic rings. The predicted molar refractivity (Wildman–Crippen MR) is 58.4 cm³/mol. The smallest absolute Gasteiger partial charge is 0.269 e. The van der Waals surface area contributed by atoms with Crippen LogP contribution < -0.4 is 16.8 Å². The van der Waals surface area contributed by atoms with E-state index in [1.165, 1.54) is 6.07 Å². The fourth-order valence-electron chi connectivity index (χ4n) is 1.31. The zero-order chi connectivity index (χ0) is 12.3. The molecule has 0 aliphatic rings. The molecule has 0 saturated carbocycles. The normalized spacial score (nSPS) is 11.1. The van der Waals surface area contributed by atoms with Crippen LogP contribution in [0.2, 0.25) is 0 Å². The number of amides is 2. The molecule has 16 heavy (non-hydrogen) atoms. The van der Waals surface area contributed by atoms with Gasteiger partial charge in [0.05, 0.1) is 0 Å². The Labute approximate surface area is 92.6 Å². The molecular formula is C9H15N5O2. The standard InChI is InChI=1S/C9H15N5O2/c1-9(2,4-7(11)15)12-8(16)5-3-6(10)14-13-5/h3H,4H2,1-2H3,(H2,11,15)(H,12,16)(H3,10,13,14). The van der Waals surface area contributed by atoms with Crippen molar-refractivity contribution in [1.29, 1.82) is 0 Å². The van der Waals surface area contributed by atoms with E-state index in [0.717, 1.165) is 0 Å². The maximum Gasteiger partial charge on any atom is 0.269 e. The average molecular weight is 225 g/mol. The highest BCUT2D eigenvalue weighted by Gasteiger charge is 2.24. The van der Waals surface area contributed by atoms with Gasteiger partial charge in [0.2, 0.25) is 5.91 Å². The summed E-state index contributed by atoms with van der Waals surface area (Å²) in [5.74, 6) is -0.622. The number of anilines is 1. The maximum atomic E-state index is 11.7. The van der Waals surface area contributed by atoms with Crippen LogP contribution in [0.4, 0.5) is 5.82 Å².